The number of nitrogens with zero attached hydrogens (tertiary/aromatic N) is 4. The molecule has 0 aliphatic heterocycles. The lowest BCUT2D eigenvalue weighted by atomic mass is 9.95. The molecule has 0 spiro atoms. The highest BCUT2D eigenvalue weighted by Crippen LogP contribution is 2.26. The Bertz CT molecular complexity index is 492. The zero-order valence-electron chi connectivity index (χ0n) is 9.75. The second kappa shape index (κ2) is 4.17. The Morgan fingerprint density at radius 2 is 2.19 bits per heavy atom. The fourth-order valence-electron chi connectivity index (χ4n) is 2.04. The van der Waals surface area contributed by atoms with E-state index in [0.717, 1.165) is 23.1 Å². The molecule has 0 aliphatic carbocycles. The summed E-state index contributed by atoms with van der Waals surface area (Å²) in [6.45, 7) is 3.83. The molecule has 2 unspecified atom stereocenters. The van der Waals surface area contributed by atoms with E-state index in [2.05, 4.69) is 15.1 Å². The Labute approximate surface area is 94.1 Å². The van der Waals surface area contributed by atoms with E-state index >= 15 is 0 Å². The third kappa shape index (κ3) is 1.67. The van der Waals surface area contributed by atoms with E-state index in [-0.39, 0.29) is 5.92 Å². The maximum absolute atomic E-state index is 9.74. The summed E-state index contributed by atoms with van der Waals surface area (Å²) in [7, 11) is 1.85. The van der Waals surface area contributed by atoms with Crippen LogP contribution in [-0.4, -0.2) is 31.0 Å². The lowest BCUT2D eigenvalue weighted by Crippen LogP contribution is -2.15. The van der Waals surface area contributed by atoms with Crippen LogP contribution in [0.25, 0.3) is 11.0 Å². The van der Waals surface area contributed by atoms with E-state index in [0.29, 0.717) is 0 Å². The van der Waals surface area contributed by atoms with Crippen LogP contribution in [0.4, 0.5) is 0 Å². The summed E-state index contributed by atoms with van der Waals surface area (Å²) in [6.07, 6.45) is 3.72. The van der Waals surface area contributed by atoms with Crippen molar-refractivity contribution in [3.05, 3.63) is 18.2 Å². The van der Waals surface area contributed by atoms with Crippen molar-refractivity contribution in [3.63, 3.8) is 0 Å². The van der Waals surface area contributed by atoms with Gasteiger partial charge in [0.05, 0.1) is 23.4 Å². The summed E-state index contributed by atoms with van der Waals surface area (Å²) in [5.41, 5.74) is 1.69. The Morgan fingerprint density at radius 3 is 2.81 bits per heavy atom. The van der Waals surface area contributed by atoms with Crippen LogP contribution < -0.4 is 0 Å². The summed E-state index contributed by atoms with van der Waals surface area (Å²) < 4.78 is 1.72. The number of aliphatic hydroxyl groups excluding tert-OH is 1. The van der Waals surface area contributed by atoms with E-state index in [1.165, 1.54) is 6.33 Å². The molecule has 2 atom stereocenters. The minimum atomic E-state index is -0.414. The van der Waals surface area contributed by atoms with Crippen LogP contribution in [0, 0.1) is 0 Å². The van der Waals surface area contributed by atoms with Gasteiger partial charge in [-0.15, -0.1) is 0 Å². The van der Waals surface area contributed by atoms with Crippen molar-refractivity contribution in [3.8, 4) is 0 Å². The summed E-state index contributed by atoms with van der Waals surface area (Å²) in [5, 5.41) is 14.8. The average Bonchev–Trinajstić information content (AvgIpc) is 2.62. The molecule has 0 amide bonds. The van der Waals surface area contributed by atoms with Crippen LogP contribution >= 0.6 is 0 Å². The third-order valence-electron chi connectivity index (χ3n) is 2.93. The molecule has 2 heterocycles. The smallest absolute Gasteiger partial charge is 0.161 e. The molecule has 0 aliphatic rings. The summed E-state index contributed by atoms with van der Waals surface area (Å²) in [6, 6.07) is 0. The van der Waals surface area contributed by atoms with Crippen LogP contribution in [0.2, 0.25) is 0 Å². The normalized spacial score (nSPS) is 15.2. The highest BCUT2D eigenvalue weighted by molar-refractivity contribution is 5.77. The predicted octanol–water partition coefficient (Wildman–Crippen LogP) is 1.24. The molecule has 2 aromatic heterocycles. The molecule has 0 saturated carbocycles. The number of aliphatic hydroxyl groups is 1. The summed E-state index contributed by atoms with van der Waals surface area (Å²) in [4.78, 5) is 8.47. The van der Waals surface area contributed by atoms with E-state index in [1.807, 2.05) is 14.0 Å². The van der Waals surface area contributed by atoms with Crippen molar-refractivity contribution in [2.24, 2.45) is 7.05 Å². The second-order valence-corrected chi connectivity index (χ2v) is 4.02. The van der Waals surface area contributed by atoms with Gasteiger partial charge in [0.25, 0.3) is 0 Å². The van der Waals surface area contributed by atoms with Crippen molar-refractivity contribution in [2.75, 3.05) is 0 Å². The quantitative estimate of drug-likeness (QED) is 0.845. The van der Waals surface area contributed by atoms with E-state index in [9.17, 15) is 5.11 Å². The number of rotatable bonds is 3. The highest BCUT2D eigenvalue weighted by atomic mass is 16.3. The van der Waals surface area contributed by atoms with Crippen LogP contribution in [-0.2, 0) is 7.05 Å². The lowest BCUT2D eigenvalue weighted by Gasteiger charge is -2.17. The van der Waals surface area contributed by atoms with Gasteiger partial charge < -0.3 is 5.11 Å². The number of hydrogen-bond acceptors (Lipinski definition) is 4. The average molecular weight is 220 g/mol. The van der Waals surface area contributed by atoms with Crippen LogP contribution in [0.3, 0.4) is 0 Å². The first-order valence-corrected chi connectivity index (χ1v) is 5.45. The molecule has 2 aromatic rings. The molecule has 0 aromatic carbocycles. The van der Waals surface area contributed by atoms with E-state index in [4.69, 9.17) is 0 Å². The van der Waals surface area contributed by atoms with Crippen molar-refractivity contribution in [1.82, 2.24) is 19.7 Å². The summed E-state index contributed by atoms with van der Waals surface area (Å²) >= 11 is 0. The first-order chi connectivity index (χ1) is 7.65. The molecule has 0 bridgehead atoms. The van der Waals surface area contributed by atoms with E-state index in [1.54, 1.807) is 17.8 Å². The molecule has 0 radical (unpaired) electrons. The highest BCUT2D eigenvalue weighted by Gasteiger charge is 2.20. The standard InChI is InChI=1S/C11H16N4O/c1-4-8(7(2)16)10-9-5-14-15(3)11(9)13-6-12-10/h5-8,16H,4H2,1-3H3. The van der Waals surface area contributed by atoms with Gasteiger partial charge in [-0.05, 0) is 13.3 Å². The van der Waals surface area contributed by atoms with Crippen molar-refractivity contribution in [1.29, 1.82) is 0 Å². The van der Waals surface area contributed by atoms with Gasteiger partial charge >= 0.3 is 0 Å². The maximum atomic E-state index is 9.74. The Kier molecular flexibility index (Phi) is 2.87. The minimum Gasteiger partial charge on any atom is -0.393 e. The van der Waals surface area contributed by atoms with Gasteiger partial charge in [-0.25, -0.2) is 9.97 Å². The molecule has 5 nitrogen and oxygen atoms in total. The van der Waals surface area contributed by atoms with E-state index < -0.39 is 6.10 Å². The van der Waals surface area contributed by atoms with Crippen LogP contribution in [0.1, 0.15) is 31.9 Å². The molecule has 86 valence electrons. The maximum Gasteiger partial charge on any atom is 0.161 e. The first-order valence-electron chi connectivity index (χ1n) is 5.45. The fourth-order valence-corrected chi connectivity index (χ4v) is 2.04. The SMILES string of the molecule is CCC(c1ncnc2c1cnn2C)C(C)O. The van der Waals surface area contributed by atoms with Crippen molar-refractivity contribution < 1.29 is 5.11 Å². The Morgan fingerprint density at radius 1 is 1.44 bits per heavy atom. The number of aryl methyl sites for hydroxylation is 1. The number of hydrogen-bond donors (Lipinski definition) is 1. The molecule has 0 saturated heterocycles. The number of aromatic nitrogens is 4. The van der Waals surface area contributed by atoms with Gasteiger partial charge in [0.1, 0.15) is 6.33 Å². The zero-order chi connectivity index (χ0) is 11.7. The summed E-state index contributed by atoms with van der Waals surface area (Å²) in [5.74, 6) is 0.0368. The first kappa shape index (κ1) is 11.0. The molecular weight excluding hydrogens is 204 g/mol. The van der Waals surface area contributed by atoms with Gasteiger partial charge in [0.15, 0.2) is 5.65 Å². The Balaban J connectivity index is 2.59. The molecule has 16 heavy (non-hydrogen) atoms. The lowest BCUT2D eigenvalue weighted by molar-refractivity contribution is 0.158. The zero-order valence-corrected chi connectivity index (χ0v) is 9.75. The van der Waals surface area contributed by atoms with Gasteiger partial charge in [0.2, 0.25) is 0 Å². The van der Waals surface area contributed by atoms with Gasteiger partial charge in [-0.1, -0.05) is 6.92 Å². The molecule has 1 N–H and O–H groups in total. The largest absolute Gasteiger partial charge is 0.393 e. The Hall–Kier alpha value is -1.49. The van der Waals surface area contributed by atoms with Gasteiger partial charge in [0, 0.05) is 13.0 Å². The molecule has 5 heteroatoms. The van der Waals surface area contributed by atoms with Crippen molar-refractivity contribution >= 4 is 11.0 Å². The van der Waals surface area contributed by atoms with Crippen LogP contribution in [0.15, 0.2) is 12.5 Å². The molecule has 2 rings (SSSR count). The monoisotopic (exact) mass is 220 g/mol. The van der Waals surface area contributed by atoms with Crippen molar-refractivity contribution in [2.45, 2.75) is 32.3 Å². The minimum absolute atomic E-state index is 0.0368. The fraction of sp³-hybridized carbons (Fsp3) is 0.545. The van der Waals surface area contributed by atoms with Gasteiger partial charge in [-0.3, -0.25) is 4.68 Å². The molecule has 0 fully saturated rings. The predicted molar refractivity (Wildman–Crippen MR) is 61.0 cm³/mol. The second-order valence-electron chi connectivity index (χ2n) is 4.02. The third-order valence-corrected chi connectivity index (χ3v) is 2.93. The number of fused-ring (bicyclic) bond motifs is 1. The van der Waals surface area contributed by atoms with Crippen LogP contribution in [0.5, 0.6) is 0 Å². The van der Waals surface area contributed by atoms with Gasteiger partial charge in [-0.2, -0.15) is 5.10 Å². The molecular formula is C11H16N4O. The topological polar surface area (TPSA) is 63.8 Å².